The van der Waals surface area contributed by atoms with Gasteiger partial charge in [-0.25, -0.2) is 4.79 Å². The molecule has 0 aliphatic carbocycles. The van der Waals surface area contributed by atoms with E-state index in [1.54, 1.807) is 0 Å². The molecular formula is C7H6N2O5. The predicted molar refractivity (Wildman–Crippen MR) is 43.3 cm³/mol. The first kappa shape index (κ1) is 9.90. The van der Waals surface area contributed by atoms with Gasteiger partial charge >= 0.3 is 11.7 Å². The molecule has 0 aromatic rings. The average molecular weight is 198 g/mol. The first-order chi connectivity index (χ1) is 6.65. The molecule has 0 radical (unpaired) electrons. The summed E-state index contributed by atoms with van der Waals surface area (Å²) in [5, 5.41) is 12.8. The maximum Gasteiger partial charge on any atom is 0.373 e. The first-order valence-corrected chi connectivity index (χ1v) is 3.58. The topological polar surface area (TPSA) is 98.5 Å². The Bertz CT molecular complexity index is 333. The molecule has 1 unspecified atom stereocenters. The second kappa shape index (κ2) is 4.17. The number of dihydropyridines is 1. The van der Waals surface area contributed by atoms with Gasteiger partial charge in [-0.15, -0.1) is 0 Å². The summed E-state index contributed by atoms with van der Waals surface area (Å²) >= 11 is 0. The average Bonchev–Trinajstić information content (AvgIpc) is 2.18. The van der Waals surface area contributed by atoms with E-state index in [4.69, 9.17) is 0 Å². The number of hydrogen-bond donors (Lipinski definition) is 1. The number of carbonyl (C=O) groups is 2. The van der Waals surface area contributed by atoms with Crippen LogP contribution in [0.4, 0.5) is 0 Å². The number of nitrogens with zero attached hydrogens (tertiary/aromatic N) is 1. The van der Waals surface area contributed by atoms with Crippen LogP contribution in [0.25, 0.3) is 0 Å². The summed E-state index contributed by atoms with van der Waals surface area (Å²) in [4.78, 5) is 30.2. The largest absolute Gasteiger partial charge is 0.425 e. The molecule has 1 rings (SSSR count). The lowest BCUT2D eigenvalue weighted by Crippen LogP contribution is -2.36. The lowest BCUT2D eigenvalue weighted by atomic mass is 10.3. The monoisotopic (exact) mass is 198 g/mol. The van der Waals surface area contributed by atoms with Crippen molar-refractivity contribution < 1.29 is 19.2 Å². The van der Waals surface area contributed by atoms with Crippen LogP contribution in [0, 0.1) is 10.1 Å². The number of hydrogen-bond acceptors (Lipinski definition) is 6. The molecule has 0 saturated heterocycles. The highest BCUT2D eigenvalue weighted by molar-refractivity contribution is 6.20. The molecule has 7 heteroatoms. The summed E-state index contributed by atoms with van der Waals surface area (Å²) in [7, 11) is 0. The minimum Gasteiger partial charge on any atom is -0.425 e. The zero-order valence-electron chi connectivity index (χ0n) is 6.88. The SMILES string of the molecule is O=CC(=O)OC1NC=CC=C1[N+](=O)[O-]. The van der Waals surface area contributed by atoms with Crippen molar-refractivity contribution in [1.82, 2.24) is 5.32 Å². The number of rotatable bonds is 3. The van der Waals surface area contributed by atoms with Crippen molar-refractivity contribution >= 4 is 12.3 Å². The van der Waals surface area contributed by atoms with Crippen LogP contribution in [0.3, 0.4) is 0 Å². The summed E-state index contributed by atoms with van der Waals surface area (Å²) in [6.45, 7) is 0. The number of nitrogens with one attached hydrogen (secondary N) is 1. The normalized spacial score (nSPS) is 19.1. The van der Waals surface area contributed by atoms with Crippen LogP contribution in [0.5, 0.6) is 0 Å². The first-order valence-electron chi connectivity index (χ1n) is 3.58. The van der Waals surface area contributed by atoms with Crippen LogP contribution in [0.1, 0.15) is 0 Å². The van der Waals surface area contributed by atoms with Gasteiger partial charge in [0.25, 0.3) is 6.23 Å². The van der Waals surface area contributed by atoms with Gasteiger partial charge in [0.05, 0.1) is 4.92 Å². The highest BCUT2D eigenvalue weighted by Crippen LogP contribution is 2.09. The number of nitro groups is 1. The van der Waals surface area contributed by atoms with E-state index < -0.39 is 17.1 Å². The lowest BCUT2D eigenvalue weighted by molar-refractivity contribution is -0.437. The van der Waals surface area contributed by atoms with Gasteiger partial charge in [-0.3, -0.25) is 14.9 Å². The summed E-state index contributed by atoms with van der Waals surface area (Å²) < 4.78 is 4.44. The molecule has 0 aromatic heterocycles. The van der Waals surface area contributed by atoms with Gasteiger partial charge in [-0.05, 0) is 6.08 Å². The molecule has 1 N–H and O–H groups in total. The molecule has 14 heavy (non-hydrogen) atoms. The van der Waals surface area contributed by atoms with E-state index in [1.165, 1.54) is 18.4 Å². The maximum atomic E-state index is 10.5. The summed E-state index contributed by atoms with van der Waals surface area (Å²) in [6.07, 6.45) is 2.67. The van der Waals surface area contributed by atoms with E-state index in [0.717, 1.165) is 0 Å². The number of ether oxygens (including phenoxy) is 1. The molecule has 1 aliphatic heterocycles. The molecule has 0 bridgehead atoms. The molecule has 0 saturated carbocycles. The van der Waals surface area contributed by atoms with E-state index in [-0.39, 0.29) is 12.0 Å². The van der Waals surface area contributed by atoms with Gasteiger partial charge in [-0.1, -0.05) is 0 Å². The van der Waals surface area contributed by atoms with E-state index in [2.05, 4.69) is 10.1 Å². The maximum absolute atomic E-state index is 10.5. The van der Waals surface area contributed by atoms with Crippen molar-refractivity contribution in [3.63, 3.8) is 0 Å². The highest BCUT2D eigenvalue weighted by atomic mass is 16.6. The van der Waals surface area contributed by atoms with Crippen LogP contribution in [0.15, 0.2) is 24.0 Å². The van der Waals surface area contributed by atoms with Crippen LogP contribution in [0.2, 0.25) is 0 Å². The minimum atomic E-state index is -1.22. The third kappa shape index (κ3) is 2.16. The van der Waals surface area contributed by atoms with Gasteiger partial charge in [-0.2, -0.15) is 0 Å². The van der Waals surface area contributed by atoms with Crippen molar-refractivity contribution in [1.29, 1.82) is 0 Å². The van der Waals surface area contributed by atoms with Crippen molar-refractivity contribution in [2.24, 2.45) is 0 Å². The van der Waals surface area contributed by atoms with Crippen molar-refractivity contribution in [3.05, 3.63) is 34.2 Å². The Morgan fingerprint density at radius 3 is 3.00 bits per heavy atom. The summed E-state index contributed by atoms with van der Waals surface area (Å²) in [6, 6.07) is 0. The molecule has 0 amide bonds. The fourth-order valence-electron chi connectivity index (χ4n) is 0.857. The predicted octanol–water partition coefficient (Wildman–Crippen LogP) is -0.668. The van der Waals surface area contributed by atoms with Crippen molar-refractivity contribution in [2.45, 2.75) is 6.23 Å². The fourth-order valence-corrected chi connectivity index (χ4v) is 0.857. The Kier molecular flexibility index (Phi) is 2.95. The Labute approximate surface area is 78.2 Å². The van der Waals surface area contributed by atoms with E-state index >= 15 is 0 Å². The Balaban J connectivity index is 2.74. The summed E-state index contributed by atoms with van der Waals surface area (Å²) in [5.74, 6) is -1.16. The van der Waals surface area contributed by atoms with Crippen LogP contribution in [-0.2, 0) is 14.3 Å². The van der Waals surface area contributed by atoms with Crippen LogP contribution < -0.4 is 5.32 Å². The third-order valence-electron chi connectivity index (χ3n) is 1.42. The van der Waals surface area contributed by atoms with Gasteiger partial charge in [0, 0.05) is 12.3 Å². The molecule has 74 valence electrons. The van der Waals surface area contributed by atoms with Crippen molar-refractivity contribution in [3.8, 4) is 0 Å². The molecule has 7 nitrogen and oxygen atoms in total. The van der Waals surface area contributed by atoms with Gasteiger partial charge in [0.15, 0.2) is 0 Å². The number of allylic oxidation sites excluding steroid dienone is 2. The zero-order valence-corrected chi connectivity index (χ0v) is 6.88. The Morgan fingerprint density at radius 2 is 2.43 bits per heavy atom. The smallest absolute Gasteiger partial charge is 0.373 e. The second-order valence-electron chi connectivity index (χ2n) is 2.31. The number of carbonyl (C=O) groups excluding carboxylic acids is 2. The number of esters is 1. The number of aldehydes is 1. The Hall–Kier alpha value is -2.18. The zero-order chi connectivity index (χ0) is 10.6. The van der Waals surface area contributed by atoms with Gasteiger partial charge < -0.3 is 10.1 Å². The fraction of sp³-hybridized carbons (Fsp3) is 0.143. The Morgan fingerprint density at radius 1 is 1.71 bits per heavy atom. The van der Waals surface area contributed by atoms with Crippen molar-refractivity contribution in [2.75, 3.05) is 0 Å². The molecule has 1 heterocycles. The molecule has 0 aromatic carbocycles. The quantitative estimate of drug-likeness (QED) is 0.212. The molecular weight excluding hydrogens is 192 g/mol. The van der Waals surface area contributed by atoms with Gasteiger partial charge in [0.2, 0.25) is 6.29 Å². The highest BCUT2D eigenvalue weighted by Gasteiger charge is 2.28. The van der Waals surface area contributed by atoms with E-state index in [0.29, 0.717) is 0 Å². The van der Waals surface area contributed by atoms with E-state index in [9.17, 15) is 19.7 Å². The van der Waals surface area contributed by atoms with Gasteiger partial charge in [0.1, 0.15) is 0 Å². The molecule has 0 fully saturated rings. The van der Waals surface area contributed by atoms with E-state index in [1.807, 2.05) is 0 Å². The summed E-state index contributed by atoms with van der Waals surface area (Å²) in [5.41, 5.74) is -0.331. The molecule has 0 spiro atoms. The lowest BCUT2D eigenvalue weighted by Gasteiger charge is -2.15. The standard InChI is InChI=1S/C7H6N2O5/c10-4-6(11)14-7-5(9(12)13)2-1-3-8-7/h1-4,7-8H. The van der Waals surface area contributed by atoms with Crippen LogP contribution >= 0.6 is 0 Å². The minimum absolute atomic E-state index is 0.0580. The third-order valence-corrected chi connectivity index (χ3v) is 1.42. The molecule has 1 aliphatic rings. The molecule has 1 atom stereocenters. The van der Waals surface area contributed by atoms with Crippen LogP contribution in [-0.4, -0.2) is 23.4 Å². The second-order valence-corrected chi connectivity index (χ2v) is 2.31.